The topological polar surface area (TPSA) is 208 Å². The average Bonchev–Trinajstić information content (AvgIpc) is 3.38. The highest BCUT2D eigenvalue weighted by Crippen LogP contribution is 2.39. The highest BCUT2D eigenvalue weighted by molar-refractivity contribution is 6.39. The molecule has 7 rings (SSSR count). The van der Waals surface area contributed by atoms with E-state index in [1.807, 2.05) is 62.2 Å². The van der Waals surface area contributed by atoms with Gasteiger partial charge in [0.25, 0.3) is 11.7 Å². The van der Waals surface area contributed by atoms with Gasteiger partial charge in [0.05, 0.1) is 36.1 Å². The molecule has 4 bridgehead atoms. The summed E-state index contributed by atoms with van der Waals surface area (Å²) in [4.78, 5) is 79.9. The minimum atomic E-state index is -2.46. The van der Waals surface area contributed by atoms with Crippen molar-refractivity contribution in [3.8, 4) is 0 Å². The minimum Gasteiger partial charge on any atom is -0.460 e. The number of ether oxygens (including phenoxy) is 5. The minimum absolute atomic E-state index is 0.0349. The number of carbonyl (C=O) groups excluding carboxylic acids is 5. The third-order valence-electron chi connectivity index (χ3n) is 16.9. The van der Waals surface area contributed by atoms with E-state index in [0.717, 1.165) is 17.7 Å². The molecule has 17 atom stereocenters. The van der Waals surface area contributed by atoms with Crippen molar-refractivity contribution in [1.82, 2.24) is 4.90 Å². The smallest absolute Gasteiger partial charge is 0.329 e. The highest BCUT2D eigenvalue weighted by Gasteiger charge is 2.53. The van der Waals surface area contributed by atoms with Gasteiger partial charge in [-0.2, -0.15) is 0 Å². The van der Waals surface area contributed by atoms with Crippen molar-refractivity contribution in [2.45, 2.75) is 205 Å². The van der Waals surface area contributed by atoms with E-state index in [1.54, 1.807) is 41.1 Å². The molecule has 1 unspecified atom stereocenters. The fraction of sp³-hybridized carbons (Fsp3) is 0.737. The molecule has 73 heavy (non-hydrogen) atoms. The Kier molecular flexibility index (Phi) is 21.0. The number of nitrogens with zero attached hydrogens (tertiary/aromatic N) is 2. The zero-order valence-electron chi connectivity index (χ0n) is 45.1. The van der Waals surface area contributed by atoms with Crippen LogP contribution in [0.25, 0.3) is 0 Å². The highest BCUT2D eigenvalue weighted by atomic mass is 16.7. The Labute approximate surface area is 433 Å². The third kappa shape index (κ3) is 14.1. The second-order valence-corrected chi connectivity index (χ2v) is 22.3. The van der Waals surface area contributed by atoms with Crippen molar-refractivity contribution in [3.63, 3.8) is 0 Å². The second kappa shape index (κ2) is 26.3. The van der Waals surface area contributed by atoms with Crippen molar-refractivity contribution in [3.05, 3.63) is 53.6 Å². The molecule has 0 spiro atoms. The van der Waals surface area contributed by atoms with Crippen LogP contribution < -0.4 is 5.06 Å². The maximum Gasteiger partial charge on any atom is 0.329 e. The maximum absolute atomic E-state index is 14.5. The molecule has 3 N–H and O–H groups in total. The Morgan fingerprint density at radius 2 is 1.53 bits per heavy atom. The molecular weight excluding hydrogens is 937 g/mol. The van der Waals surface area contributed by atoms with Crippen molar-refractivity contribution >= 4 is 34.9 Å². The van der Waals surface area contributed by atoms with Gasteiger partial charge < -0.3 is 43.9 Å². The van der Waals surface area contributed by atoms with Crippen molar-refractivity contribution in [1.29, 1.82) is 0 Å². The molecule has 0 radical (unpaired) electrons. The molecule has 1 saturated carbocycles. The predicted octanol–water partition coefficient (Wildman–Crippen LogP) is 7.04. The number of hydroxylamine groups is 1. The number of Topliss-reactive ketones (excluding diaryl/α,β-unsaturated/α-hetero) is 3. The Morgan fingerprint density at radius 3 is 2.22 bits per heavy atom. The van der Waals surface area contributed by atoms with Gasteiger partial charge in [-0.3, -0.25) is 29.1 Å². The van der Waals surface area contributed by atoms with E-state index in [1.165, 1.54) is 12.0 Å². The number of aliphatic hydroxyl groups is 3. The van der Waals surface area contributed by atoms with Crippen molar-refractivity contribution in [2.75, 3.05) is 32.9 Å². The molecule has 6 aliphatic rings. The summed E-state index contributed by atoms with van der Waals surface area (Å²) in [6, 6.07) is 8.56. The van der Waals surface area contributed by atoms with Gasteiger partial charge >= 0.3 is 5.97 Å². The lowest BCUT2D eigenvalue weighted by Crippen LogP contribution is -2.61. The number of hydrogen-bond donors (Lipinski definition) is 3. The lowest BCUT2D eigenvalue weighted by Gasteiger charge is -2.43. The lowest BCUT2D eigenvalue weighted by molar-refractivity contribution is -0.265. The molecule has 408 valence electrons. The quantitative estimate of drug-likeness (QED) is 0.142. The number of allylic oxidation sites excluding steroid dienone is 1. The first-order valence-corrected chi connectivity index (χ1v) is 27.1. The van der Waals surface area contributed by atoms with Crippen LogP contribution in [-0.2, 0) is 52.5 Å². The summed E-state index contributed by atoms with van der Waals surface area (Å²) in [7, 11) is 4.56. The van der Waals surface area contributed by atoms with Crippen LogP contribution in [0, 0.1) is 35.5 Å². The van der Waals surface area contributed by atoms with Crippen LogP contribution in [-0.4, -0.2) is 144 Å². The first-order chi connectivity index (χ1) is 34.7. The largest absolute Gasteiger partial charge is 0.460 e. The summed E-state index contributed by atoms with van der Waals surface area (Å²) in [6.07, 6.45) is 4.36. The predicted molar refractivity (Wildman–Crippen MR) is 274 cm³/mol. The number of esters is 1. The molecule has 16 heteroatoms. The van der Waals surface area contributed by atoms with E-state index in [2.05, 4.69) is 6.92 Å². The van der Waals surface area contributed by atoms with Crippen LogP contribution in [0.2, 0.25) is 0 Å². The molecule has 1 aromatic rings. The van der Waals surface area contributed by atoms with Crippen LogP contribution >= 0.6 is 0 Å². The van der Waals surface area contributed by atoms with Gasteiger partial charge in [-0.15, -0.1) is 0 Å². The summed E-state index contributed by atoms with van der Waals surface area (Å²) >= 11 is 0. The zero-order chi connectivity index (χ0) is 53.3. The Hall–Kier alpha value is -3.87. The Morgan fingerprint density at radius 1 is 0.808 bits per heavy atom. The number of piperidine rings is 1. The fourth-order valence-corrected chi connectivity index (χ4v) is 12.1. The van der Waals surface area contributed by atoms with Crippen LogP contribution in [0.15, 0.2) is 53.6 Å². The van der Waals surface area contributed by atoms with Crippen LogP contribution in [0.1, 0.15) is 138 Å². The number of para-hydroxylation sites is 1. The number of fused-ring (bicyclic) bond motifs is 17. The van der Waals surface area contributed by atoms with Gasteiger partial charge in [0.15, 0.2) is 5.78 Å². The summed E-state index contributed by atoms with van der Waals surface area (Å²) in [5, 5.41) is 36.3. The van der Waals surface area contributed by atoms with Gasteiger partial charge in [-0.25, -0.2) is 4.79 Å². The summed E-state index contributed by atoms with van der Waals surface area (Å²) in [6.45, 7) is 12.9. The fourth-order valence-electron chi connectivity index (χ4n) is 12.1. The standard InChI is InChI=1S/C57H86N2O14/c1-33-26-37(5)51(62)53(70-10)52(63)38(6)27-34(2)47(61)32-49(35(3)28-40-20-24-46(60)50(30-40)69-9)71-56(66)45-18-14-15-25-58(45)55(65)54(64)57(67)39(7)19-21-42(72-57)31-48(68-8)36(4)29-43-22-23-44(33)59(73-43)41-16-12-11-13-17-41/h11-13,16-17,27,29,33-35,37,39-40,42-46,48-50,52-53,60,63,67H,14-15,18-26,28,30-32H2,1-10H3/b36-29?,38-27+/t33-,34+,35+,37+,39+,40-,42-,43+,44?,45-,46+,48-,49-,50+,52+,53-,57+/m0/s1. The summed E-state index contributed by atoms with van der Waals surface area (Å²) < 4.78 is 29.9. The van der Waals surface area contributed by atoms with E-state index in [9.17, 15) is 39.3 Å². The number of aliphatic hydroxyl groups excluding tert-OH is 2. The third-order valence-corrected chi connectivity index (χ3v) is 16.9. The molecule has 0 aromatic heterocycles. The molecule has 1 amide bonds. The number of hydrogen-bond acceptors (Lipinski definition) is 15. The average molecular weight is 1020 g/mol. The molecular formula is C57H86N2O14. The molecule has 5 heterocycles. The first kappa shape index (κ1) is 58.4. The monoisotopic (exact) mass is 1020 g/mol. The summed E-state index contributed by atoms with van der Waals surface area (Å²) in [5.74, 6) is -8.21. The van der Waals surface area contributed by atoms with Crippen LogP contribution in [0.3, 0.4) is 0 Å². The lowest BCUT2D eigenvalue weighted by atomic mass is 9.78. The van der Waals surface area contributed by atoms with Crippen molar-refractivity contribution in [2.24, 2.45) is 35.5 Å². The maximum atomic E-state index is 14.5. The zero-order valence-corrected chi connectivity index (χ0v) is 45.1. The number of amides is 1. The number of rotatable bonds is 7. The summed E-state index contributed by atoms with van der Waals surface area (Å²) in [5.41, 5.74) is 2.11. The Balaban J connectivity index is 1.34. The molecule has 1 aromatic carbocycles. The van der Waals surface area contributed by atoms with Gasteiger partial charge in [0, 0.05) is 58.5 Å². The molecule has 3 saturated heterocycles. The molecule has 16 nitrogen and oxygen atoms in total. The Bertz CT molecular complexity index is 2100. The van der Waals surface area contributed by atoms with Crippen molar-refractivity contribution < 1.29 is 67.8 Å². The molecule has 4 fully saturated rings. The first-order valence-electron chi connectivity index (χ1n) is 27.1. The van der Waals surface area contributed by atoms with Crippen LogP contribution in [0.4, 0.5) is 5.69 Å². The van der Waals surface area contributed by atoms with Gasteiger partial charge in [-0.05, 0) is 132 Å². The number of methoxy groups -OCH3 is 3. The van der Waals surface area contributed by atoms with Crippen LogP contribution in [0.5, 0.6) is 0 Å². The SMILES string of the molecule is CO[C@H]1C[C@@H]2CC[C@@H](C)[C@@](O)(O2)C(=O)C(=O)N2CCCC[C@H]2C(=O)O[C@H]([C@H](C)C[C@@H]2CC[C@@H](O)[C@H](OC)C2)CC(=O)[C@H](C)/C=C(\C)[C@@H](O)[C@@H](OC)C(=O)[C@H](C)C[C@H](C)C2CC[C@H](C=C1C)ON2c1ccccc1. The van der Waals surface area contributed by atoms with E-state index in [0.29, 0.717) is 69.8 Å². The van der Waals surface area contributed by atoms with E-state index >= 15 is 0 Å². The number of carbonyl (C=O) groups is 5. The normalized spacial score (nSPS) is 38.8. The van der Waals surface area contributed by atoms with Gasteiger partial charge in [-0.1, -0.05) is 65.0 Å². The molecule has 1 aliphatic carbocycles. The van der Waals surface area contributed by atoms with Gasteiger partial charge in [0.1, 0.15) is 36.2 Å². The van der Waals surface area contributed by atoms with E-state index in [4.69, 9.17) is 28.5 Å². The van der Waals surface area contributed by atoms with Gasteiger partial charge in [0.2, 0.25) is 5.79 Å². The number of benzene rings is 1. The van der Waals surface area contributed by atoms with E-state index < -0.39 is 83.9 Å². The number of ketones is 3. The molecule has 5 aliphatic heterocycles. The number of anilines is 1. The van der Waals surface area contributed by atoms with E-state index in [-0.39, 0.29) is 73.4 Å². The second-order valence-electron chi connectivity index (χ2n) is 22.3.